The molecule has 1 N–H and O–H groups in total. The summed E-state index contributed by atoms with van der Waals surface area (Å²) in [4.78, 5) is 24.5. The topological polar surface area (TPSA) is 89.3 Å². The van der Waals surface area contributed by atoms with E-state index in [2.05, 4.69) is 15.5 Å². The number of azo groups is 1. The number of rotatable bonds is 7. The first-order valence-corrected chi connectivity index (χ1v) is 8.92. The largest absolute Gasteiger partial charge is 0.495 e. The van der Waals surface area contributed by atoms with E-state index in [1.54, 1.807) is 18.2 Å². The van der Waals surface area contributed by atoms with Gasteiger partial charge in [0.15, 0.2) is 5.78 Å². The quantitative estimate of drug-likeness (QED) is 0.501. The zero-order chi connectivity index (χ0) is 20.8. The second-order valence-electron chi connectivity index (χ2n) is 5.84. The summed E-state index contributed by atoms with van der Waals surface area (Å²) in [6, 6.07) is 6.67. The molecule has 1 unspecified atom stereocenters. The average molecular weight is 424 g/mol. The van der Waals surface area contributed by atoms with Gasteiger partial charge >= 0.3 is 0 Å². The van der Waals surface area contributed by atoms with E-state index in [1.165, 1.54) is 33.3 Å². The minimum atomic E-state index is -1.33. The van der Waals surface area contributed by atoms with Crippen LogP contribution in [0, 0.1) is 6.92 Å². The molecule has 0 saturated heterocycles. The smallest absolute Gasteiger partial charge is 0.258 e. The Labute approximate surface area is 172 Å². The number of ketones is 1. The van der Waals surface area contributed by atoms with Crippen LogP contribution < -0.4 is 14.8 Å². The van der Waals surface area contributed by atoms with Crippen LogP contribution in [0.15, 0.2) is 40.6 Å². The summed E-state index contributed by atoms with van der Waals surface area (Å²) in [5.74, 6) is -0.424. The molecular weight excluding hydrogens is 405 g/mol. The summed E-state index contributed by atoms with van der Waals surface area (Å²) < 4.78 is 10.3. The summed E-state index contributed by atoms with van der Waals surface area (Å²) in [6.45, 7) is 3.07. The predicted octanol–water partition coefficient (Wildman–Crippen LogP) is 5.00. The molecule has 0 aromatic heterocycles. The van der Waals surface area contributed by atoms with E-state index in [0.29, 0.717) is 22.2 Å². The number of hydrogen-bond acceptors (Lipinski definition) is 6. The Hall–Kier alpha value is -2.64. The van der Waals surface area contributed by atoms with E-state index in [4.69, 9.17) is 32.7 Å². The Bertz CT molecular complexity index is 932. The lowest BCUT2D eigenvalue weighted by Gasteiger charge is -2.14. The van der Waals surface area contributed by atoms with Gasteiger partial charge in [0, 0.05) is 11.1 Å². The molecule has 0 spiro atoms. The third kappa shape index (κ3) is 5.21. The molecule has 0 fully saturated rings. The highest BCUT2D eigenvalue weighted by Crippen LogP contribution is 2.36. The van der Waals surface area contributed by atoms with Crippen molar-refractivity contribution >= 4 is 46.3 Å². The Kier molecular flexibility index (Phi) is 7.37. The van der Waals surface area contributed by atoms with Gasteiger partial charge in [0.25, 0.3) is 5.91 Å². The molecule has 0 saturated carbocycles. The number of ether oxygens (including phenoxy) is 2. The van der Waals surface area contributed by atoms with Crippen molar-refractivity contribution in [1.29, 1.82) is 0 Å². The van der Waals surface area contributed by atoms with Gasteiger partial charge in [-0.2, -0.15) is 10.2 Å². The highest BCUT2D eigenvalue weighted by molar-refractivity contribution is 6.32. The lowest BCUT2D eigenvalue weighted by atomic mass is 10.2. The minimum Gasteiger partial charge on any atom is -0.495 e. The van der Waals surface area contributed by atoms with Gasteiger partial charge in [-0.15, -0.1) is 0 Å². The first-order valence-electron chi connectivity index (χ1n) is 8.16. The van der Waals surface area contributed by atoms with Crippen LogP contribution in [0.2, 0.25) is 10.0 Å². The molecule has 1 atom stereocenters. The molecule has 9 heteroatoms. The van der Waals surface area contributed by atoms with E-state index < -0.39 is 17.7 Å². The lowest BCUT2D eigenvalue weighted by molar-refractivity contribution is -0.126. The van der Waals surface area contributed by atoms with Gasteiger partial charge in [-0.05, 0) is 43.7 Å². The van der Waals surface area contributed by atoms with Crippen molar-refractivity contribution in [2.45, 2.75) is 19.9 Å². The van der Waals surface area contributed by atoms with Crippen molar-refractivity contribution < 1.29 is 19.1 Å². The third-order valence-corrected chi connectivity index (χ3v) is 4.51. The molecule has 28 heavy (non-hydrogen) atoms. The molecule has 0 bridgehead atoms. The molecule has 148 valence electrons. The highest BCUT2D eigenvalue weighted by atomic mass is 35.5. The number of hydrogen-bond donors (Lipinski definition) is 1. The number of carbonyl (C=O) groups is 2. The first kappa shape index (κ1) is 21.7. The maximum atomic E-state index is 12.6. The van der Waals surface area contributed by atoms with E-state index >= 15 is 0 Å². The number of benzene rings is 2. The molecule has 2 aromatic carbocycles. The monoisotopic (exact) mass is 423 g/mol. The van der Waals surface area contributed by atoms with Crippen LogP contribution in [0.25, 0.3) is 0 Å². The van der Waals surface area contributed by atoms with Gasteiger partial charge < -0.3 is 14.8 Å². The highest BCUT2D eigenvalue weighted by Gasteiger charge is 2.24. The van der Waals surface area contributed by atoms with E-state index in [0.717, 1.165) is 5.56 Å². The predicted molar refractivity (Wildman–Crippen MR) is 108 cm³/mol. The molecule has 0 aliphatic rings. The van der Waals surface area contributed by atoms with Crippen molar-refractivity contribution in [1.82, 2.24) is 0 Å². The zero-order valence-corrected chi connectivity index (χ0v) is 17.3. The minimum absolute atomic E-state index is 0.274. The number of nitrogens with zero attached hydrogens (tertiary/aromatic N) is 2. The fraction of sp³-hybridized carbons (Fsp3) is 0.263. The van der Waals surface area contributed by atoms with Crippen molar-refractivity contribution in [2.24, 2.45) is 10.2 Å². The van der Waals surface area contributed by atoms with Crippen molar-refractivity contribution in [2.75, 3.05) is 19.5 Å². The second-order valence-corrected chi connectivity index (χ2v) is 6.65. The lowest BCUT2D eigenvalue weighted by Crippen LogP contribution is -2.32. The Morgan fingerprint density at radius 2 is 1.71 bits per heavy atom. The van der Waals surface area contributed by atoms with Gasteiger partial charge in [-0.25, -0.2) is 0 Å². The number of anilines is 1. The van der Waals surface area contributed by atoms with Gasteiger partial charge in [0.2, 0.25) is 6.04 Å². The molecule has 0 heterocycles. The number of methoxy groups -OCH3 is 2. The van der Waals surface area contributed by atoms with Gasteiger partial charge in [-0.3, -0.25) is 9.59 Å². The molecule has 7 nitrogen and oxygen atoms in total. The van der Waals surface area contributed by atoms with E-state index in [9.17, 15) is 9.59 Å². The summed E-state index contributed by atoms with van der Waals surface area (Å²) in [6.07, 6.45) is 0. The number of carbonyl (C=O) groups excluding carboxylic acids is 2. The number of amides is 1. The second kappa shape index (κ2) is 9.52. The summed E-state index contributed by atoms with van der Waals surface area (Å²) >= 11 is 12.1. The van der Waals surface area contributed by atoms with Crippen LogP contribution in [0.4, 0.5) is 11.4 Å². The fourth-order valence-corrected chi connectivity index (χ4v) is 2.65. The van der Waals surface area contributed by atoms with Crippen LogP contribution in [0.3, 0.4) is 0 Å². The van der Waals surface area contributed by atoms with Gasteiger partial charge in [0.05, 0.1) is 30.6 Å². The van der Waals surface area contributed by atoms with Crippen molar-refractivity contribution in [3.8, 4) is 11.5 Å². The molecule has 0 radical (unpaired) electrons. The van der Waals surface area contributed by atoms with Crippen LogP contribution >= 0.6 is 23.2 Å². The van der Waals surface area contributed by atoms with Crippen LogP contribution in [-0.2, 0) is 9.59 Å². The van der Waals surface area contributed by atoms with Crippen LogP contribution in [0.1, 0.15) is 12.5 Å². The molecule has 2 aromatic rings. The summed E-state index contributed by atoms with van der Waals surface area (Å²) in [5, 5.41) is 11.3. The number of aryl methyl sites for hydroxylation is 1. The van der Waals surface area contributed by atoms with Crippen LogP contribution in [0.5, 0.6) is 11.5 Å². The molecule has 0 aliphatic carbocycles. The maximum Gasteiger partial charge on any atom is 0.258 e. The Balaban J connectivity index is 2.26. The molecular formula is C19H19Cl2N3O4. The number of halogens is 2. The SMILES string of the molecule is COc1cc(OC)c(NC(=O)C(N=Nc2ccc(Cl)c(C)c2)C(C)=O)cc1Cl. The summed E-state index contributed by atoms with van der Waals surface area (Å²) in [7, 11) is 2.90. The molecule has 1 amide bonds. The van der Waals surface area contributed by atoms with E-state index in [1.807, 2.05) is 6.92 Å². The van der Waals surface area contributed by atoms with Crippen molar-refractivity contribution in [3.63, 3.8) is 0 Å². The van der Waals surface area contributed by atoms with Gasteiger partial charge in [0.1, 0.15) is 11.5 Å². The third-order valence-electron chi connectivity index (χ3n) is 3.80. The number of nitrogens with one attached hydrogen (secondary N) is 1. The first-order chi connectivity index (χ1) is 13.3. The fourth-order valence-electron chi connectivity index (χ4n) is 2.29. The normalized spacial score (nSPS) is 11.9. The van der Waals surface area contributed by atoms with Gasteiger partial charge in [-0.1, -0.05) is 23.2 Å². The average Bonchev–Trinajstić information content (AvgIpc) is 2.64. The Morgan fingerprint density at radius 3 is 2.29 bits per heavy atom. The molecule has 0 aliphatic heterocycles. The van der Waals surface area contributed by atoms with Crippen LogP contribution in [-0.4, -0.2) is 32.0 Å². The standard InChI is InChI=1S/C19H19Cl2N3O4/c1-10-7-12(5-6-13(10)20)23-24-18(11(2)25)19(26)22-15-8-14(21)16(27-3)9-17(15)28-4/h5-9,18H,1-4H3,(H,22,26). The zero-order valence-electron chi connectivity index (χ0n) is 15.7. The Morgan fingerprint density at radius 1 is 1.04 bits per heavy atom. The summed E-state index contributed by atoms with van der Waals surface area (Å²) in [5.41, 5.74) is 1.56. The number of Topliss-reactive ketones (excluding diaryl/α,β-unsaturated/α-hetero) is 1. The molecule has 2 rings (SSSR count). The maximum absolute atomic E-state index is 12.6. The van der Waals surface area contributed by atoms with E-state index in [-0.39, 0.29) is 10.7 Å². The van der Waals surface area contributed by atoms with Crippen molar-refractivity contribution in [3.05, 3.63) is 45.9 Å².